The lowest BCUT2D eigenvalue weighted by molar-refractivity contribution is -0.00379. The number of hydrogen-bond donors (Lipinski definition) is 2. The second-order valence-corrected chi connectivity index (χ2v) is 7.85. The predicted octanol–water partition coefficient (Wildman–Crippen LogP) is 2.46. The number of phenolic OH excluding ortho intramolecular Hbond substituents is 1. The Morgan fingerprint density at radius 1 is 1.32 bits per heavy atom. The Hall–Kier alpha value is -1.43. The van der Waals surface area contributed by atoms with Crippen molar-refractivity contribution in [1.29, 1.82) is 0 Å². The Labute approximate surface area is 152 Å². The van der Waals surface area contributed by atoms with Crippen molar-refractivity contribution in [3.63, 3.8) is 0 Å². The molecule has 1 aromatic rings. The molecule has 1 saturated heterocycles. The summed E-state index contributed by atoms with van der Waals surface area (Å²) >= 11 is 6.57. The van der Waals surface area contributed by atoms with Gasteiger partial charge in [0.2, 0.25) is 0 Å². The van der Waals surface area contributed by atoms with E-state index in [1.165, 1.54) is 7.11 Å². The van der Waals surface area contributed by atoms with E-state index in [0.717, 1.165) is 30.5 Å². The van der Waals surface area contributed by atoms with E-state index in [2.05, 4.69) is 18.0 Å². The number of fused-ring (bicyclic) bond motifs is 1. The number of aliphatic hydroxyl groups excluding tert-OH is 1. The van der Waals surface area contributed by atoms with E-state index in [1.807, 2.05) is 0 Å². The Morgan fingerprint density at radius 3 is 2.76 bits per heavy atom. The maximum atomic E-state index is 10.9. The van der Waals surface area contributed by atoms with Crippen molar-refractivity contribution in [3.05, 3.63) is 34.1 Å². The third kappa shape index (κ3) is 2.22. The van der Waals surface area contributed by atoms with Gasteiger partial charge in [-0.2, -0.15) is 0 Å². The highest BCUT2D eigenvalue weighted by Gasteiger charge is 2.56. The van der Waals surface area contributed by atoms with Crippen LogP contribution in [0.1, 0.15) is 24.0 Å². The molecule has 2 N–H and O–H groups in total. The monoisotopic (exact) mass is 365 g/mol. The third-order valence-corrected chi connectivity index (χ3v) is 6.78. The molecule has 0 saturated carbocycles. The number of methoxy groups -OCH3 is 2. The second kappa shape index (κ2) is 5.79. The van der Waals surface area contributed by atoms with Crippen LogP contribution in [-0.4, -0.2) is 55.1 Å². The molecule has 136 valence electrons. The van der Waals surface area contributed by atoms with E-state index >= 15 is 0 Å². The zero-order valence-corrected chi connectivity index (χ0v) is 15.5. The van der Waals surface area contributed by atoms with Gasteiger partial charge in [-0.15, -0.1) is 0 Å². The van der Waals surface area contributed by atoms with Gasteiger partial charge in [0.05, 0.1) is 14.2 Å². The molecule has 0 aromatic heterocycles. The van der Waals surface area contributed by atoms with Gasteiger partial charge in [0, 0.05) is 34.0 Å². The summed E-state index contributed by atoms with van der Waals surface area (Å²) in [5.41, 5.74) is 1.49. The number of ether oxygens (including phenoxy) is 2. The largest absolute Gasteiger partial charge is 0.504 e. The quantitative estimate of drug-likeness (QED) is 0.843. The number of hydrogen-bond acceptors (Lipinski definition) is 5. The molecule has 3 aliphatic rings. The highest BCUT2D eigenvalue weighted by molar-refractivity contribution is 6.31. The van der Waals surface area contributed by atoms with Crippen LogP contribution in [0.3, 0.4) is 0 Å². The molecular formula is C19H24ClNO4. The fourth-order valence-electron chi connectivity index (χ4n) is 5.23. The number of rotatable bonds is 2. The minimum atomic E-state index is -0.680. The van der Waals surface area contributed by atoms with Crippen molar-refractivity contribution in [2.45, 2.75) is 36.8 Å². The fourth-order valence-corrected chi connectivity index (χ4v) is 5.50. The molecule has 25 heavy (non-hydrogen) atoms. The Kier molecular flexibility index (Phi) is 3.94. The number of aromatic hydroxyl groups is 1. The molecule has 1 aliphatic heterocycles. The number of aliphatic hydroxyl groups is 1. The average molecular weight is 366 g/mol. The van der Waals surface area contributed by atoms with Gasteiger partial charge in [0.1, 0.15) is 11.9 Å². The van der Waals surface area contributed by atoms with Gasteiger partial charge in [-0.25, -0.2) is 0 Å². The summed E-state index contributed by atoms with van der Waals surface area (Å²) in [5, 5.41) is 22.2. The van der Waals surface area contributed by atoms with Crippen LogP contribution in [0.5, 0.6) is 11.5 Å². The molecule has 0 unspecified atom stereocenters. The van der Waals surface area contributed by atoms with Crippen LogP contribution in [0, 0.1) is 5.92 Å². The standard InChI is InChI=1S/C19H24ClNO4/c1-21-5-4-19-9-14(22)15(24-2)7-11(19)13(21)6-10-12(20)8-16(25-3)18(23)17(10)19/h7-8,11,13-14,22-23H,4-6,9H2,1-3H3/t11-,13+,14+,19-/m1/s1. The molecule has 1 fully saturated rings. The lowest BCUT2D eigenvalue weighted by Crippen LogP contribution is -2.60. The molecule has 2 aliphatic carbocycles. The van der Waals surface area contributed by atoms with Crippen molar-refractivity contribution in [2.75, 3.05) is 27.8 Å². The van der Waals surface area contributed by atoms with Crippen LogP contribution in [-0.2, 0) is 16.6 Å². The minimum absolute atomic E-state index is 0.158. The maximum Gasteiger partial charge on any atom is 0.162 e. The summed E-state index contributed by atoms with van der Waals surface area (Å²) in [4.78, 5) is 2.35. The Morgan fingerprint density at radius 2 is 2.08 bits per heavy atom. The van der Waals surface area contributed by atoms with Crippen molar-refractivity contribution >= 4 is 11.6 Å². The molecule has 5 nitrogen and oxygen atoms in total. The van der Waals surface area contributed by atoms with Crippen molar-refractivity contribution in [1.82, 2.24) is 4.90 Å². The number of halogens is 1. The number of piperidine rings is 1. The molecule has 0 radical (unpaired) electrons. The minimum Gasteiger partial charge on any atom is -0.504 e. The van der Waals surface area contributed by atoms with E-state index < -0.39 is 6.10 Å². The molecule has 2 bridgehead atoms. The zero-order chi connectivity index (χ0) is 17.9. The van der Waals surface area contributed by atoms with Crippen molar-refractivity contribution < 1.29 is 19.7 Å². The van der Waals surface area contributed by atoms with E-state index in [-0.39, 0.29) is 23.1 Å². The van der Waals surface area contributed by atoms with Gasteiger partial charge >= 0.3 is 0 Å². The molecule has 0 spiro atoms. The van der Waals surface area contributed by atoms with Gasteiger partial charge in [-0.1, -0.05) is 11.6 Å². The molecule has 1 heterocycles. The smallest absolute Gasteiger partial charge is 0.162 e. The lowest BCUT2D eigenvalue weighted by Gasteiger charge is -2.57. The summed E-state index contributed by atoms with van der Waals surface area (Å²) in [6.07, 6.45) is 3.51. The highest BCUT2D eigenvalue weighted by atomic mass is 35.5. The molecule has 0 amide bonds. The summed E-state index contributed by atoms with van der Waals surface area (Å²) in [6, 6.07) is 1.96. The zero-order valence-electron chi connectivity index (χ0n) is 14.8. The van der Waals surface area contributed by atoms with E-state index in [1.54, 1.807) is 13.2 Å². The molecule has 1 aromatic carbocycles. The number of likely N-dealkylation sites (N-methyl/N-ethyl adjacent to an activating group) is 1. The Bertz CT molecular complexity index is 749. The van der Waals surface area contributed by atoms with Crippen LogP contribution in [0.25, 0.3) is 0 Å². The molecular weight excluding hydrogens is 342 g/mol. The Balaban J connectivity index is 1.99. The maximum absolute atomic E-state index is 10.9. The molecule has 4 atom stereocenters. The van der Waals surface area contributed by atoms with Crippen LogP contribution in [0.4, 0.5) is 0 Å². The van der Waals surface area contributed by atoms with Gasteiger partial charge in [-0.05, 0) is 44.5 Å². The van der Waals surface area contributed by atoms with Crippen LogP contribution < -0.4 is 4.74 Å². The molecule has 6 heteroatoms. The van der Waals surface area contributed by atoms with Crippen LogP contribution in [0.15, 0.2) is 17.9 Å². The van der Waals surface area contributed by atoms with E-state index in [4.69, 9.17) is 21.1 Å². The van der Waals surface area contributed by atoms with Crippen molar-refractivity contribution in [2.24, 2.45) is 5.92 Å². The van der Waals surface area contributed by atoms with E-state index in [9.17, 15) is 10.2 Å². The summed E-state index contributed by atoms with van der Waals surface area (Å²) in [7, 11) is 5.26. The summed E-state index contributed by atoms with van der Waals surface area (Å²) in [6.45, 7) is 0.914. The number of nitrogens with zero attached hydrogens (tertiary/aromatic N) is 1. The number of likely N-dealkylation sites (tertiary alicyclic amines) is 1. The first-order chi connectivity index (χ1) is 11.9. The first-order valence-electron chi connectivity index (χ1n) is 8.65. The predicted molar refractivity (Wildman–Crippen MR) is 95.3 cm³/mol. The summed E-state index contributed by atoms with van der Waals surface area (Å²) in [5.74, 6) is 1.34. The normalized spacial score (nSPS) is 34.0. The SMILES string of the molecule is COC1=C[C@@H]2[C@@H]3Cc4c(Cl)cc(OC)c(O)c4[C@]2(CCN3C)C[C@@H]1O. The van der Waals surface area contributed by atoms with Gasteiger partial charge in [0.25, 0.3) is 0 Å². The van der Waals surface area contributed by atoms with Gasteiger partial charge in [0.15, 0.2) is 11.5 Å². The number of benzene rings is 1. The van der Waals surface area contributed by atoms with Crippen molar-refractivity contribution in [3.8, 4) is 11.5 Å². The molecule has 4 rings (SSSR count). The van der Waals surface area contributed by atoms with Crippen LogP contribution >= 0.6 is 11.6 Å². The first kappa shape index (κ1) is 17.0. The first-order valence-corrected chi connectivity index (χ1v) is 9.03. The lowest BCUT2D eigenvalue weighted by atomic mass is 9.53. The third-order valence-electron chi connectivity index (χ3n) is 6.44. The second-order valence-electron chi connectivity index (χ2n) is 7.44. The van der Waals surface area contributed by atoms with Gasteiger partial charge < -0.3 is 24.6 Å². The highest BCUT2D eigenvalue weighted by Crippen LogP contribution is 2.59. The fraction of sp³-hybridized carbons (Fsp3) is 0.579. The van der Waals surface area contributed by atoms with Crippen LogP contribution in [0.2, 0.25) is 5.02 Å². The topological polar surface area (TPSA) is 62.2 Å². The van der Waals surface area contributed by atoms with Gasteiger partial charge in [-0.3, -0.25) is 0 Å². The average Bonchev–Trinajstić information content (AvgIpc) is 2.59. The summed E-state index contributed by atoms with van der Waals surface area (Å²) < 4.78 is 10.8. The number of phenols is 1. The van der Waals surface area contributed by atoms with E-state index in [0.29, 0.717) is 23.0 Å².